The molecule has 0 spiro atoms. The molecule has 2 rings (SSSR count). The SMILES string of the molecule is CCCCCCCCc1cnc(-c2ccc(OCOC)cc2)nc1. The first-order chi connectivity index (χ1) is 11.8. The summed E-state index contributed by atoms with van der Waals surface area (Å²) in [5.41, 5.74) is 2.21. The third-order valence-electron chi connectivity index (χ3n) is 3.98. The van der Waals surface area contributed by atoms with Gasteiger partial charge in [-0.3, -0.25) is 0 Å². The first-order valence-electron chi connectivity index (χ1n) is 8.86. The van der Waals surface area contributed by atoms with Gasteiger partial charge < -0.3 is 9.47 Å². The molecule has 0 unspecified atom stereocenters. The molecule has 0 amide bonds. The van der Waals surface area contributed by atoms with Gasteiger partial charge in [-0.25, -0.2) is 9.97 Å². The Morgan fingerprint density at radius 1 is 0.875 bits per heavy atom. The van der Waals surface area contributed by atoms with E-state index in [1.807, 2.05) is 36.7 Å². The third kappa shape index (κ3) is 6.28. The van der Waals surface area contributed by atoms with Gasteiger partial charge in [0.05, 0.1) is 0 Å². The minimum atomic E-state index is 0.253. The molecule has 2 aromatic rings. The number of benzene rings is 1. The van der Waals surface area contributed by atoms with Crippen molar-refractivity contribution in [3.8, 4) is 17.1 Å². The largest absolute Gasteiger partial charge is 0.468 e. The Morgan fingerprint density at radius 3 is 2.21 bits per heavy atom. The lowest BCUT2D eigenvalue weighted by molar-refractivity contribution is 0.0511. The van der Waals surface area contributed by atoms with Crippen LogP contribution in [0.15, 0.2) is 36.7 Å². The molecule has 24 heavy (non-hydrogen) atoms. The summed E-state index contributed by atoms with van der Waals surface area (Å²) in [7, 11) is 1.61. The molecule has 0 aliphatic heterocycles. The summed E-state index contributed by atoms with van der Waals surface area (Å²) >= 11 is 0. The highest BCUT2D eigenvalue weighted by molar-refractivity contribution is 5.55. The molecule has 1 heterocycles. The maximum Gasteiger partial charge on any atom is 0.188 e. The van der Waals surface area contributed by atoms with Crippen LogP contribution in [0.25, 0.3) is 11.4 Å². The number of hydrogen-bond donors (Lipinski definition) is 0. The second-order valence-electron chi connectivity index (χ2n) is 6.01. The van der Waals surface area contributed by atoms with Crippen LogP contribution >= 0.6 is 0 Å². The second-order valence-corrected chi connectivity index (χ2v) is 6.01. The number of hydrogen-bond acceptors (Lipinski definition) is 4. The summed E-state index contributed by atoms with van der Waals surface area (Å²) < 4.78 is 10.3. The average molecular weight is 328 g/mol. The van der Waals surface area contributed by atoms with E-state index in [4.69, 9.17) is 9.47 Å². The number of nitrogens with zero attached hydrogens (tertiary/aromatic N) is 2. The molecular formula is C20H28N2O2. The molecule has 0 saturated heterocycles. The fourth-order valence-corrected chi connectivity index (χ4v) is 2.57. The molecule has 0 bridgehead atoms. The molecule has 0 atom stereocenters. The van der Waals surface area contributed by atoms with Crippen LogP contribution in [0.3, 0.4) is 0 Å². The van der Waals surface area contributed by atoms with E-state index < -0.39 is 0 Å². The lowest BCUT2D eigenvalue weighted by Gasteiger charge is -2.06. The number of rotatable bonds is 11. The Kier molecular flexibility index (Phi) is 8.25. The first-order valence-corrected chi connectivity index (χ1v) is 8.86. The number of aromatic nitrogens is 2. The molecule has 4 heteroatoms. The van der Waals surface area contributed by atoms with E-state index in [9.17, 15) is 0 Å². The van der Waals surface area contributed by atoms with Crippen LogP contribution in [-0.4, -0.2) is 23.9 Å². The van der Waals surface area contributed by atoms with Crippen molar-refractivity contribution in [2.75, 3.05) is 13.9 Å². The van der Waals surface area contributed by atoms with Gasteiger partial charge in [0, 0.05) is 25.1 Å². The van der Waals surface area contributed by atoms with Crippen LogP contribution in [0.4, 0.5) is 0 Å². The van der Waals surface area contributed by atoms with Crippen LogP contribution in [0.2, 0.25) is 0 Å². The van der Waals surface area contributed by atoms with Gasteiger partial charge in [0.15, 0.2) is 12.6 Å². The molecule has 0 aliphatic carbocycles. The maximum absolute atomic E-state index is 5.38. The number of methoxy groups -OCH3 is 1. The minimum Gasteiger partial charge on any atom is -0.468 e. The molecule has 0 N–H and O–H groups in total. The predicted octanol–water partition coefficient (Wildman–Crippen LogP) is 5.03. The van der Waals surface area contributed by atoms with Gasteiger partial charge in [-0.05, 0) is 42.7 Å². The van der Waals surface area contributed by atoms with Crippen molar-refractivity contribution in [1.82, 2.24) is 9.97 Å². The van der Waals surface area contributed by atoms with Crippen molar-refractivity contribution in [3.05, 3.63) is 42.2 Å². The van der Waals surface area contributed by atoms with E-state index in [2.05, 4.69) is 16.9 Å². The highest BCUT2D eigenvalue weighted by atomic mass is 16.7. The third-order valence-corrected chi connectivity index (χ3v) is 3.98. The van der Waals surface area contributed by atoms with Gasteiger partial charge in [-0.1, -0.05) is 39.0 Å². The van der Waals surface area contributed by atoms with Crippen molar-refractivity contribution >= 4 is 0 Å². The number of unbranched alkanes of at least 4 members (excludes halogenated alkanes) is 5. The Hall–Kier alpha value is -1.94. The highest BCUT2D eigenvalue weighted by Crippen LogP contribution is 2.19. The normalized spacial score (nSPS) is 10.8. The minimum absolute atomic E-state index is 0.253. The van der Waals surface area contributed by atoms with E-state index in [1.165, 1.54) is 44.1 Å². The van der Waals surface area contributed by atoms with Crippen molar-refractivity contribution in [2.24, 2.45) is 0 Å². The van der Waals surface area contributed by atoms with E-state index in [1.54, 1.807) is 7.11 Å². The quantitative estimate of drug-likeness (QED) is 0.429. The summed E-state index contributed by atoms with van der Waals surface area (Å²) in [6, 6.07) is 7.74. The van der Waals surface area contributed by atoms with Gasteiger partial charge in [-0.15, -0.1) is 0 Å². The van der Waals surface area contributed by atoms with Crippen molar-refractivity contribution in [3.63, 3.8) is 0 Å². The highest BCUT2D eigenvalue weighted by Gasteiger charge is 2.03. The summed E-state index contributed by atoms with van der Waals surface area (Å²) in [6.07, 6.45) is 12.8. The van der Waals surface area contributed by atoms with Gasteiger partial charge in [0.2, 0.25) is 0 Å². The maximum atomic E-state index is 5.38. The summed E-state index contributed by atoms with van der Waals surface area (Å²) in [6.45, 7) is 2.50. The summed E-state index contributed by atoms with van der Waals surface area (Å²) in [4.78, 5) is 8.98. The zero-order valence-corrected chi connectivity index (χ0v) is 14.8. The Morgan fingerprint density at radius 2 is 1.54 bits per heavy atom. The lowest BCUT2D eigenvalue weighted by Crippen LogP contribution is -1.98. The van der Waals surface area contributed by atoms with E-state index >= 15 is 0 Å². The molecule has 130 valence electrons. The zero-order valence-electron chi connectivity index (χ0n) is 14.8. The van der Waals surface area contributed by atoms with E-state index in [-0.39, 0.29) is 6.79 Å². The molecular weight excluding hydrogens is 300 g/mol. The molecule has 0 radical (unpaired) electrons. The summed E-state index contributed by atoms with van der Waals surface area (Å²) in [5.74, 6) is 1.53. The topological polar surface area (TPSA) is 44.2 Å². The van der Waals surface area contributed by atoms with Crippen LogP contribution in [0, 0.1) is 0 Å². The fourth-order valence-electron chi connectivity index (χ4n) is 2.57. The molecule has 0 saturated carbocycles. The van der Waals surface area contributed by atoms with E-state index in [0.29, 0.717) is 0 Å². The van der Waals surface area contributed by atoms with Gasteiger partial charge in [-0.2, -0.15) is 0 Å². The van der Waals surface area contributed by atoms with Crippen molar-refractivity contribution in [1.29, 1.82) is 0 Å². The lowest BCUT2D eigenvalue weighted by atomic mass is 10.1. The van der Waals surface area contributed by atoms with Crippen LogP contribution in [0.5, 0.6) is 5.75 Å². The average Bonchev–Trinajstić information content (AvgIpc) is 2.64. The van der Waals surface area contributed by atoms with Crippen LogP contribution in [0.1, 0.15) is 51.0 Å². The Bertz CT molecular complexity index is 567. The summed E-state index contributed by atoms with van der Waals surface area (Å²) in [5, 5.41) is 0. The molecule has 0 fully saturated rings. The molecule has 1 aromatic heterocycles. The molecule has 4 nitrogen and oxygen atoms in total. The van der Waals surface area contributed by atoms with E-state index in [0.717, 1.165) is 23.6 Å². The Labute approximate surface area is 145 Å². The van der Waals surface area contributed by atoms with Gasteiger partial charge in [0.25, 0.3) is 0 Å². The van der Waals surface area contributed by atoms with Crippen molar-refractivity contribution < 1.29 is 9.47 Å². The van der Waals surface area contributed by atoms with Gasteiger partial charge >= 0.3 is 0 Å². The monoisotopic (exact) mass is 328 g/mol. The molecule has 0 aliphatic rings. The van der Waals surface area contributed by atoms with Crippen LogP contribution < -0.4 is 4.74 Å². The van der Waals surface area contributed by atoms with Gasteiger partial charge in [0.1, 0.15) is 5.75 Å². The smallest absolute Gasteiger partial charge is 0.188 e. The second kappa shape index (κ2) is 10.8. The number of aryl methyl sites for hydroxylation is 1. The first kappa shape index (κ1) is 18.4. The fraction of sp³-hybridized carbons (Fsp3) is 0.500. The Balaban J connectivity index is 1.80. The molecule has 1 aromatic carbocycles. The van der Waals surface area contributed by atoms with Crippen LogP contribution in [-0.2, 0) is 11.2 Å². The van der Waals surface area contributed by atoms with Crippen molar-refractivity contribution in [2.45, 2.75) is 51.9 Å². The standard InChI is InChI=1S/C20H28N2O2/c1-3-4-5-6-7-8-9-17-14-21-20(22-15-17)18-10-12-19(13-11-18)24-16-23-2/h10-15H,3-9,16H2,1-2H3. The zero-order chi connectivity index (χ0) is 17.0. The number of ether oxygens (including phenoxy) is 2. The predicted molar refractivity (Wildman–Crippen MR) is 97.1 cm³/mol.